The second-order valence-corrected chi connectivity index (χ2v) is 7.36. The molecule has 8 nitrogen and oxygen atoms in total. The predicted octanol–water partition coefficient (Wildman–Crippen LogP) is 3.56. The Labute approximate surface area is 179 Å². The number of hydrogen-bond acceptors (Lipinski definition) is 8. The summed E-state index contributed by atoms with van der Waals surface area (Å²) in [4.78, 5) is 8.33. The molecule has 1 aromatic carbocycles. The lowest BCUT2D eigenvalue weighted by atomic mass is 10.1. The average molecular weight is 426 g/mol. The molecule has 9 heteroatoms. The summed E-state index contributed by atoms with van der Waals surface area (Å²) in [6.07, 6.45) is 8.11. The standard InChI is InChI=1S/C22H23FN4O4/c23-16-13-24-22(26-15-4-6-18-20(12-15)31-10-2-8-29-18)27-21(16)25-14-3-5-17-19(11-14)30-9-1-7-28-17/h3-6,11-13,17,19H,1-2,7-10H2,(H2,24,25,26,27). The Morgan fingerprint density at radius 2 is 1.74 bits per heavy atom. The molecule has 2 aromatic rings. The van der Waals surface area contributed by atoms with Gasteiger partial charge in [0, 0.05) is 37.1 Å². The van der Waals surface area contributed by atoms with Crippen molar-refractivity contribution in [1.82, 2.24) is 9.97 Å². The number of aromatic nitrogens is 2. The van der Waals surface area contributed by atoms with Gasteiger partial charge in [0.05, 0.1) is 19.4 Å². The highest BCUT2D eigenvalue weighted by Gasteiger charge is 2.25. The van der Waals surface area contributed by atoms with E-state index < -0.39 is 5.82 Å². The molecule has 0 amide bonds. The first-order valence-corrected chi connectivity index (χ1v) is 10.3. The number of allylic oxidation sites excluding steroid dienone is 1. The Morgan fingerprint density at radius 3 is 2.65 bits per heavy atom. The van der Waals surface area contributed by atoms with Gasteiger partial charge in [0.1, 0.15) is 12.2 Å². The average Bonchev–Trinajstić information content (AvgIpc) is 3.16. The van der Waals surface area contributed by atoms with E-state index in [1.54, 1.807) is 0 Å². The number of nitrogens with one attached hydrogen (secondary N) is 2. The maximum Gasteiger partial charge on any atom is 0.229 e. The van der Waals surface area contributed by atoms with Gasteiger partial charge < -0.3 is 29.6 Å². The Kier molecular flexibility index (Phi) is 5.68. The summed E-state index contributed by atoms with van der Waals surface area (Å²) in [5, 5.41) is 6.10. The summed E-state index contributed by atoms with van der Waals surface area (Å²) in [7, 11) is 0. The van der Waals surface area contributed by atoms with Crippen molar-refractivity contribution in [1.29, 1.82) is 0 Å². The van der Waals surface area contributed by atoms with Crippen LogP contribution in [0.1, 0.15) is 12.8 Å². The molecule has 1 aliphatic carbocycles. The fraction of sp³-hybridized carbons (Fsp3) is 0.364. The topological polar surface area (TPSA) is 86.8 Å². The van der Waals surface area contributed by atoms with Crippen LogP contribution in [0.5, 0.6) is 11.5 Å². The summed E-state index contributed by atoms with van der Waals surface area (Å²) in [6.45, 7) is 2.51. The smallest absolute Gasteiger partial charge is 0.229 e. The van der Waals surface area contributed by atoms with Crippen LogP contribution in [-0.4, -0.2) is 48.6 Å². The Balaban J connectivity index is 1.32. The first kappa shape index (κ1) is 19.8. The molecule has 0 bridgehead atoms. The van der Waals surface area contributed by atoms with Gasteiger partial charge in [0.2, 0.25) is 5.95 Å². The number of benzene rings is 1. The Morgan fingerprint density at radius 1 is 0.935 bits per heavy atom. The van der Waals surface area contributed by atoms with Gasteiger partial charge in [-0.1, -0.05) is 6.08 Å². The fourth-order valence-electron chi connectivity index (χ4n) is 3.53. The zero-order chi connectivity index (χ0) is 21.0. The van der Waals surface area contributed by atoms with E-state index in [1.807, 2.05) is 36.4 Å². The zero-order valence-corrected chi connectivity index (χ0v) is 16.8. The number of anilines is 3. The minimum absolute atomic E-state index is 0.0655. The molecule has 0 spiro atoms. The lowest BCUT2D eigenvalue weighted by Gasteiger charge is -2.24. The van der Waals surface area contributed by atoms with Gasteiger partial charge in [-0.2, -0.15) is 4.98 Å². The maximum atomic E-state index is 14.4. The van der Waals surface area contributed by atoms with Crippen LogP contribution in [0.4, 0.5) is 21.8 Å². The summed E-state index contributed by atoms with van der Waals surface area (Å²) < 4.78 is 37.3. The summed E-state index contributed by atoms with van der Waals surface area (Å²) >= 11 is 0. The van der Waals surface area contributed by atoms with Crippen LogP contribution in [0.3, 0.4) is 0 Å². The minimum Gasteiger partial charge on any atom is -0.490 e. The van der Waals surface area contributed by atoms with Crippen LogP contribution in [0, 0.1) is 5.82 Å². The summed E-state index contributed by atoms with van der Waals surface area (Å²) in [6, 6.07) is 5.48. The third-order valence-electron chi connectivity index (χ3n) is 5.05. The molecule has 31 heavy (non-hydrogen) atoms. The molecule has 2 atom stereocenters. The number of halogens is 1. The molecule has 3 heterocycles. The normalized spacial score (nSPS) is 22.5. The van der Waals surface area contributed by atoms with Crippen LogP contribution < -0.4 is 20.1 Å². The highest BCUT2D eigenvalue weighted by Crippen LogP contribution is 2.33. The van der Waals surface area contributed by atoms with Crippen LogP contribution in [-0.2, 0) is 9.47 Å². The van der Waals surface area contributed by atoms with Crippen molar-refractivity contribution >= 4 is 17.5 Å². The summed E-state index contributed by atoms with van der Waals surface area (Å²) in [5.74, 6) is 1.12. The van der Waals surface area contributed by atoms with Gasteiger partial charge in [-0.25, -0.2) is 9.37 Å². The van der Waals surface area contributed by atoms with E-state index in [0.29, 0.717) is 49.3 Å². The van der Waals surface area contributed by atoms with Crippen molar-refractivity contribution in [3.8, 4) is 11.5 Å². The maximum absolute atomic E-state index is 14.4. The number of fused-ring (bicyclic) bond motifs is 2. The van der Waals surface area contributed by atoms with E-state index in [2.05, 4.69) is 20.6 Å². The van der Waals surface area contributed by atoms with Crippen molar-refractivity contribution in [2.45, 2.75) is 25.0 Å². The third-order valence-corrected chi connectivity index (χ3v) is 5.05. The number of nitrogens with zero attached hydrogens (tertiary/aromatic N) is 2. The van der Waals surface area contributed by atoms with Crippen LogP contribution in [0.25, 0.3) is 0 Å². The number of ether oxygens (including phenoxy) is 4. The largest absolute Gasteiger partial charge is 0.490 e. The predicted molar refractivity (Wildman–Crippen MR) is 112 cm³/mol. The van der Waals surface area contributed by atoms with Crippen LogP contribution >= 0.6 is 0 Å². The molecule has 1 fully saturated rings. The van der Waals surface area contributed by atoms with Gasteiger partial charge in [-0.15, -0.1) is 0 Å². The zero-order valence-electron chi connectivity index (χ0n) is 16.8. The van der Waals surface area contributed by atoms with E-state index in [9.17, 15) is 4.39 Å². The molecular formula is C22H23FN4O4. The molecule has 2 unspecified atom stereocenters. The van der Waals surface area contributed by atoms with Gasteiger partial charge >= 0.3 is 0 Å². The number of hydrogen-bond donors (Lipinski definition) is 2. The molecule has 2 N–H and O–H groups in total. The van der Waals surface area contributed by atoms with Gasteiger partial charge in [0.15, 0.2) is 23.1 Å². The first-order valence-electron chi connectivity index (χ1n) is 10.3. The van der Waals surface area contributed by atoms with Crippen molar-refractivity contribution in [2.75, 3.05) is 37.1 Å². The third kappa shape index (κ3) is 4.62. The Hall–Kier alpha value is -3.17. The second-order valence-electron chi connectivity index (χ2n) is 7.36. The molecule has 1 aromatic heterocycles. The highest BCUT2D eigenvalue weighted by molar-refractivity contribution is 5.61. The molecule has 162 valence electrons. The van der Waals surface area contributed by atoms with Crippen molar-refractivity contribution in [3.63, 3.8) is 0 Å². The second kappa shape index (κ2) is 8.91. The minimum atomic E-state index is -0.557. The van der Waals surface area contributed by atoms with E-state index in [4.69, 9.17) is 18.9 Å². The van der Waals surface area contributed by atoms with Gasteiger partial charge in [0.25, 0.3) is 0 Å². The van der Waals surface area contributed by atoms with Crippen molar-refractivity contribution < 1.29 is 23.3 Å². The molecule has 3 aliphatic rings. The fourth-order valence-corrected chi connectivity index (χ4v) is 3.53. The van der Waals surface area contributed by atoms with E-state index in [-0.39, 0.29) is 24.0 Å². The Bertz CT molecular complexity index is 1010. The van der Waals surface area contributed by atoms with Gasteiger partial charge in [-0.3, -0.25) is 0 Å². The molecule has 2 aliphatic heterocycles. The first-order chi connectivity index (χ1) is 15.2. The van der Waals surface area contributed by atoms with Crippen molar-refractivity contribution in [2.24, 2.45) is 0 Å². The monoisotopic (exact) mass is 426 g/mol. The lowest BCUT2D eigenvalue weighted by Crippen LogP contribution is -2.29. The van der Waals surface area contributed by atoms with Crippen LogP contribution in [0.2, 0.25) is 0 Å². The molecule has 0 saturated carbocycles. The number of rotatable bonds is 4. The molecule has 5 rings (SSSR count). The molecular weight excluding hydrogens is 403 g/mol. The van der Waals surface area contributed by atoms with Crippen molar-refractivity contribution in [3.05, 3.63) is 54.1 Å². The van der Waals surface area contributed by atoms with Crippen LogP contribution in [0.15, 0.2) is 48.3 Å². The summed E-state index contributed by atoms with van der Waals surface area (Å²) in [5.41, 5.74) is 1.40. The molecule has 0 radical (unpaired) electrons. The quantitative estimate of drug-likeness (QED) is 0.768. The lowest BCUT2D eigenvalue weighted by molar-refractivity contribution is 0.0135. The highest BCUT2D eigenvalue weighted by atomic mass is 19.1. The van der Waals surface area contributed by atoms with E-state index in [0.717, 1.165) is 19.0 Å². The van der Waals surface area contributed by atoms with E-state index in [1.165, 1.54) is 0 Å². The van der Waals surface area contributed by atoms with E-state index >= 15 is 0 Å². The SMILES string of the molecule is Fc1cnc(Nc2ccc3c(c2)OCCCO3)nc1NC1=CC2OCCCOC2C=C1. The molecule has 1 saturated heterocycles. The van der Waals surface area contributed by atoms with Gasteiger partial charge in [-0.05, 0) is 30.7 Å².